The smallest absolute Gasteiger partial charge is 0.342 e. The summed E-state index contributed by atoms with van der Waals surface area (Å²) in [4.78, 5) is 16.1. The minimum absolute atomic E-state index is 0.213. The number of esters is 1. The maximum absolute atomic E-state index is 11.9. The lowest BCUT2D eigenvalue weighted by Gasteiger charge is -2.11. The number of aryl methyl sites for hydroxylation is 1. The van der Waals surface area contributed by atoms with E-state index in [0.717, 1.165) is 0 Å². The molecule has 0 bridgehead atoms. The van der Waals surface area contributed by atoms with Crippen molar-refractivity contribution in [2.24, 2.45) is 7.05 Å². The molecule has 0 aliphatic heterocycles. The van der Waals surface area contributed by atoms with Crippen molar-refractivity contribution in [1.82, 2.24) is 19.9 Å². The Bertz CT molecular complexity index is 609. The summed E-state index contributed by atoms with van der Waals surface area (Å²) in [5.41, 5.74) is 0.171. The first-order valence-corrected chi connectivity index (χ1v) is 6.31. The summed E-state index contributed by atoms with van der Waals surface area (Å²) in [7, 11) is 1.73. The van der Waals surface area contributed by atoms with Gasteiger partial charge < -0.3 is 9.26 Å². The molecule has 20 heavy (non-hydrogen) atoms. The van der Waals surface area contributed by atoms with Crippen molar-refractivity contribution in [1.29, 1.82) is 0 Å². The highest BCUT2D eigenvalue weighted by molar-refractivity contribution is 5.88. The maximum Gasteiger partial charge on any atom is 0.342 e. The van der Waals surface area contributed by atoms with E-state index in [1.807, 2.05) is 20.8 Å². The van der Waals surface area contributed by atoms with Crippen LogP contribution in [0.4, 0.5) is 0 Å². The minimum atomic E-state index is -0.605. The predicted octanol–water partition coefficient (Wildman–Crippen LogP) is 2.02. The Balaban J connectivity index is 2.07. The molecule has 0 spiro atoms. The quantitative estimate of drug-likeness (QED) is 0.799. The summed E-state index contributed by atoms with van der Waals surface area (Å²) in [5, 5.41) is 7.82. The van der Waals surface area contributed by atoms with Crippen molar-refractivity contribution >= 4 is 5.97 Å². The van der Waals surface area contributed by atoms with E-state index < -0.39 is 12.1 Å². The van der Waals surface area contributed by atoms with Crippen LogP contribution >= 0.6 is 0 Å². The Kier molecular flexibility index (Phi) is 3.61. The maximum atomic E-state index is 11.9. The number of carbonyl (C=O) groups is 1. The van der Waals surface area contributed by atoms with Crippen LogP contribution in [-0.4, -0.2) is 25.9 Å². The molecule has 0 aromatic carbocycles. The highest BCUT2D eigenvalue weighted by Crippen LogP contribution is 2.22. The molecule has 0 fully saturated rings. The van der Waals surface area contributed by atoms with Crippen LogP contribution in [0.25, 0.3) is 0 Å². The first-order valence-electron chi connectivity index (χ1n) is 6.31. The van der Waals surface area contributed by atoms with Gasteiger partial charge in [0.2, 0.25) is 0 Å². The fraction of sp³-hybridized carbons (Fsp3) is 0.538. The summed E-state index contributed by atoms with van der Waals surface area (Å²) >= 11 is 0. The van der Waals surface area contributed by atoms with E-state index in [1.165, 1.54) is 10.9 Å². The molecule has 0 N–H and O–H groups in total. The van der Waals surface area contributed by atoms with Crippen LogP contribution in [0.3, 0.4) is 0 Å². The minimum Gasteiger partial charge on any atom is -0.449 e. The summed E-state index contributed by atoms with van der Waals surface area (Å²) in [6.45, 7) is 7.63. The predicted molar refractivity (Wildman–Crippen MR) is 70.0 cm³/mol. The first-order chi connectivity index (χ1) is 9.27. The van der Waals surface area contributed by atoms with Crippen molar-refractivity contribution in [2.75, 3.05) is 0 Å². The molecular weight excluding hydrogens is 260 g/mol. The van der Waals surface area contributed by atoms with Crippen LogP contribution < -0.4 is 0 Å². The Morgan fingerprint density at radius 3 is 2.65 bits per heavy atom. The molecule has 0 saturated heterocycles. The first kappa shape index (κ1) is 14.2. The average molecular weight is 278 g/mol. The molecule has 2 aromatic heterocycles. The van der Waals surface area contributed by atoms with Gasteiger partial charge in [0.25, 0.3) is 5.89 Å². The number of carbonyl (C=O) groups excluding carboxylic acids is 1. The van der Waals surface area contributed by atoms with Gasteiger partial charge in [-0.1, -0.05) is 25.9 Å². The number of hydrogen-bond donors (Lipinski definition) is 0. The van der Waals surface area contributed by atoms with E-state index in [9.17, 15) is 4.79 Å². The molecule has 2 rings (SSSR count). The van der Waals surface area contributed by atoms with Crippen LogP contribution in [0, 0.1) is 0 Å². The number of rotatable bonds is 3. The number of ether oxygens (including phenoxy) is 1. The lowest BCUT2D eigenvalue weighted by atomic mass is 9.96. The molecular formula is C13H18N4O3. The van der Waals surface area contributed by atoms with Crippen molar-refractivity contribution in [3.05, 3.63) is 29.7 Å². The van der Waals surface area contributed by atoms with Gasteiger partial charge in [0.05, 0.1) is 11.8 Å². The number of hydrogen-bond acceptors (Lipinski definition) is 6. The number of nitrogens with zero attached hydrogens (tertiary/aromatic N) is 4. The largest absolute Gasteiger partial charge is 0.449 e. The Morgan fingerprint density at radius 2 is 2.15 bits per heavy atom. The van der Waals surface area contributed by atoms with Crippen LogP contribution in [0.15, 0.2) is 16.9 Å². The zero-order valence-electron chi connectivity index (χ0n) is 12.2. The Labute approximate surface area is 116 Å². The van der Waals surface area contributed by atoms with Crippen molar-refractivity contribution in [2.45, 2.75) is 39.2 Å². The van der Waals surface area contributed by atoms with Crippen molar-refractivity contribution in [3.63, 3.8) is 0 Å². The summed E-state index contributed by atoms with van der Waals surface area (Å²) in [6, 6.07) is 0. The topological polar surface area (TPSA) is 83.0 Å². The molecule has 1 atom stereocenters. The van der Waals surface area contributed by atoms with Gasteiger partial charge in [0.1, 0.15) is 0 Å². The molecule has 0 aliphatic carbocycles. The average Bonchev–Trinajstić information content (AvgIpc) is 2.95. The van der Waals surface area contributed by atoms with E-state index in [0.29, 0.717) is 11.4 Å². The fourth-order valence-electron chi connectivity index (χ4n) is 1.51. The van der Waals surface area contributed by atoms with Gasteiger partial charge in [-0.2, -0.15) is 10.1 Å². The highest BCUT2D eigenvalue weighted by Gasteiger charge is 2.25. The molecule has 2 heterocycles. The summed E-state index contributed by atoms with van der Waals surface area (Å²) in [5.74, 6) is 0.394. The summed E-state index contributed by atoms with van der Waals surface area (Å²) < 4.78 is 11.9. The van der Waals surface area contributed by atoms with Crippen molar-refractivity contribution < 1.29 is 14.1 Å². The number of aromatic nitrogens is 4. The molecule has 0 unspecified atom stereocenters. The normalized spacial score (nSPS) is 13.2. The lowest BCUT2D eigenvalue weighted by molar-refractivity contribution is 0.0265. The third-order valence-corrected chi connectivity index (χ3v) is 2.68. The van der Waals surface area contributed by atoms with E-state index in [2.05, 4.69) is 15.2 Å². The molecule has 2 aromatic rings. The second-order valence-electron chi connectivity index (χ2n) is 5.66. The van der Waals surface area contributed by atoms with Crippen LogP contribution in [-0.2, 0) is 17.2 Å². The molecule has 0 aliphatic rings. The van der Waals surface area contributed by atoms with E-state index in [-0.39, 0.29) is 11.3 Å². The zero-order valence-corrected chi connectivity index (χ0v) is 12.2. The van der Waals surface area contributed by atoms with Crippen LogP contribution in [0.5, 0.6) is 0 Å². The highest BCUT2D eigenvalue weighted by atomic mass is 16.6. The van der Waals surface area contributed by atoms with Gasteiger partial charge in [-0.05, 0) is 6.92 Å². The van der Waals surface area contributed by atoms with Crippen LogP contribution in [0.1, 0.15) is 55.9 Å². The van der Waals surface area contributed by atoms with E-state index in [4.69, 9.17) is 9.26 Å². The van der Waals surface area contributed by atoms with Gasteiger partial charge in [0, 0.05) is 18.7 Å². The molecule has 7 heteroatoms. The molecule has 0 radical (unpaired) electrons. The third-order valence-electron chi connectivity index (χ3n) is 2.68. The SMILES string of the molecule is C[C@H](OC(=O)c1cnn(C)c1)c1nc(C(C)(C)C)no1. The standard InChI is InChI=1S/C13H18N4O3/c1-8(10-15-12(16-20-10)13(2,3)4)19-11(18)9-6-14-17(5)7-9/h6-8H,1-5H3/t8-/m0/s1. The van der Waals surface area contributed by atoms with Gasteiger partial charge >= 0.3 is 5.97 Å². The zero-order chi connectivity index (χ0) is 14.9. The molecule has 108 valence electrons. The summed E-state index contributed by atoms with van der Waals surface area (Å²) in [6.07, 6.45) is 2.43. The van der Waals surface area contributed by atoms with Gasteiger partial charge in [0.15, 0.2) is 11.9 Å². The van der Waals surface area contributed by atoms with E-state index in [1.54, 1.807) is 20.2 Å². The molecule has 0 amide bonds. The molecule has 0 saturated carbocycles. The van der Waals surface area contributed by atoms with Gasteiger partial charge in [-0.25, -0.2) is 4.79 Å². The Hall–Kier alpha value is -2.18. The third kappa shape index (κ3) is 3.04. The monoisotopic (exact) mass is 278 g/mol. The van der Waals surface area contributed by atoms with Crippen molar-refractivity contribution in [3.8, 4) is 0 Å². The molecule has 7 nitrogen and oxygen atoms in total. The van der Waals surface area contributed by atoms with Gasteiger partial charge in [-0.3, -0.25) is 4.68 Å². The van der Waals surface area contributed by atoms with Crippen LogP contribution in [0.2, 0.25) is 0 Å². The van der Waals surface area contributed by atoms with E-state index >= 15 is 0 Å². The second-order valence-corrected chi connectivity index (χ2v) is 5.66. The Morgan fingerprint density at radius 1 is 1.45 bits per heavy atom. The second kappa shape index (κ2) is 5.07. The van der Waals surface area contributed by atoms with Gasteiger partial charge in [-0.15, -0.1) is 0 Å². The fourth-order valence-corrected chi connectivity index (χ4v) is 1.51. The lowest BCUT2D eigenvalue weighted by Crippen LogP contribution is -2.14.